The average Bonchev–Trinajstić information content (AvgIpc) is 2.16. The SMILES string of the molecule is CCc1ccc(C(C)C=O)cc1F. The van der Waals surface area contributed by atoms with E-state index in [9.17, 15) is 9.18 Å². The number of hydrogen-bond donors (Lipinski definition) is 0. The van der Waals surface area contributed by atoms with E-state index < -0.39 is 0 Å². The summed E-state index contributed by atoms with van der Waals surface area (Å²) in [6, 6.07) is 4.99. The average molecular weight is 180 g/mol. The Kier molecular flexibility index (Phi) is 3.18. The molecular formula is C11H13FO. The predicted octanol–water partition coefficient (Wildman–Crippen LogP) is 2.69. The molecule has 0 aliphatic heterocycles. The monoisotopic (exact) mass is 180 g/mol. The summed E-state index contributed by atoms with van der Waals surface area (Å²) in [4.78, 5) is 10.4. The van der Waals surface area contributed by atoms with Crippen molar-refractivity contribution < 1.29 is 9.18 Å². The minimum Gasteiger partial charge on any atom is -0.303 e. The van der Waals surface area contributed by atoms with Crippen LogP contribution in [-0.2, 0) is 11.2 Å². The zero-order chi connectivity index (χ0) is 9.84. The van der Waals surface area contributed by atoms with Gasteiger partial charge in [-0.05, 0) is 23.6 Å². The van der Waals surface area contributed by atoms with Crippen LogP contribution < -0.4 is 0 Å². The Hall–Kier alpha value is -1.18. The molecule has 0 bridgehead atoms. The molecule has 0 spiro atoms. The van der Waals surface area contributed by atoms with E-state index in [2.05, 4.69) is 0 Å². The van der Waals surface area contributed by atoms with Gasteiger partial charge >= 0.3 is 0 Å². The van der Waals surface area contributed by atoms with Crippen molar-refractivity contribution in [3.63, 3.8) is 0 Å². The van der Waals surface area contributed by atoms with Gasteiger partial charge in [-0.1, -0.05) is 26.0 Å². The van der Waals surface area contributed by atoms with E-state index in [0.29, 0.717) is 12.0 Å². The van der Waals surface area contributed by atoms with Crippen LogP contribution in [0.1, 0.15) is 30.9 Å². The van der Waals surface area contributed by atoms with Gasteiger partial charge in [-0.2, -0.15) is 0 Å². The first-order valence-electron chi connectivity index (χ1n) is 4.42. The van der Waals surface area contributed by atoms with Gasteiger partial charge in [0.2, 0.25) is 0 Å². The summed E-state index contributed by atoms with van der Waals surface area (Å²) >= 11 is 0. The first kappa shape index (κ1) is 9.90. The highest BCUT2D eigenvalue weighted by molar-refractivity contribution is 5.61. The van der Waals surface area contributed by atoms with Crippen LogP contribution in [0.4, 0.5) is 4.39 Å². The molecule has 1 rings (SSSR count). The minimum absolute atomic E-state index is 0.214. The molecule has 0 heterocycles. The van der Waals surface area contributed by atoms with Crippen LogP contribution in [0.25, 0.3) is 0 Å². The van der Waals surface area contributed by atoms with Crippen molar-refractivity contribution in [2.45, 2.75) is 26.2 Å². The normalized spacial score (nSPS) is 12.5. The van der Waals surface area contributed by atoms with E-state index in [-0.39, 0.29) is 11.7 Å². The third kappa shape index (κ3) is 2.14. The first-order chi connectivity index (χ1) is 6.19. The Morgan fingerprint density at radius 1 is 1.54 bits per heavy atom. The molecule has 0 fully saturated rings. The van der Waals surface area contributed by atoms with Gasteiger partial charge in [0.05, 0.1) is 0 Å². The van der Waals surface area contributed by atoms with Gasteiger partial charge in [0.1, 0.15) is 12.1 Å². The molecule has 0 aliphatic rings. The molecule has 0 aliphatic carbocycles. The second-order valence-electron chi connectivity index (χ2n) is 3.13. The lowest BCUT2D eigenvalue weighted by atomic mass is 10.0. The van der Waals surface area contributed by atoms with Crippen molar-refractivity contribution in [3.05, 3.63) is 35.1 Å². The first-order valence-corrected chi connectivity index (χ1v) is 4.42. The lowest BCUT2D eigenvalue weighted by Gasteiger charge is -2.06. The van der Waals surface area contributed by atoms with Crippen molar-refractivity contribution >= 4 is 6.29 Å². The molecule has 70 valence electrons. The number of halogens is 1. The summed E-state index contributed by atoms with van der Waals surface area (Å²) in [5, 5.41) is 0. The molecule has 0 radical (unpaired) electrons. The summed E-state index contributed by atoms with van der Waals surface area (Å²) in [6.45, 7) is 3.66. The molecule has 1 atom stereocenters. The van der Waals surface area contributed by atoms with Gasteiger partial charge in [-0.25, -0.2) is 4.39 Å². The predicted molar refractivity (Wildman–Crippen MR) is 50.3 cm³/mol. The van der Waals surface area contributed by atoms with E-state index in [4.69, 9.17) is 0 Å². The maximum absolute atomic E-state index is 13.2. The van der Waals surface area contributed by atoms with Crippen LogP contribution in [0, 0.1) is 5.82 Å². The number of carbonyl (C=O) groups is 1. The Morgan fingerprint density at radius 3 is 2.69 bits per heavy atom. The van der Waals surface area contributed by atoms with E-state index >= 15 is 0 Å². The fraction of sp³-hybridized carbons (Fsp3) is 0.364. The highest BCUT2D eigenvalue weighted by atomic mass is 19.1. The van der Waals surface area contributed by atoms with Gasteiger partial charge < -0.3 is 4.79 Å². The molecule has 0 aromatic heterocycles. The summed E-state index contributed by atoms with van der Waals surface area (Å²) in [6.07, 6.45) is 1.50. The van der Waals surface area contributed by atoms with Gasteiger partial charge in [0, 0.05) is 5.92 Å². The lowest BCUT2D eigenvalue weighted by molar-refractivity contribution is -0.108. The summed E-state index contributed by atoms with van der Waals surface area (Å²) < 4.78 is 13.2. The van der Waals surface area contributed by atoms with Crippen molar-refractivity contribution in [2.75, 3.05) is 0 Å². The highest BCUT2D eigenvalue weighted by Gasteiger charge is 2.06. The fourth-order valence-electron chi connectivity index (χ4n) is 1.21. The number of benzene rings is 1. The largest absolute Gasteiger partial charge is 0.303 e. The van der Waals surface area contributed by atoms with E-state index in [1.165, 1.54) is 6.07 Å². The van der Waals surface area contributed by atoms with Gasteiger partial charge in [-0.3, -0.25) is 0 Å². The Labute approximate surface area is 77.6 Å². The van der Waals surface area contributed by atoms with Gasteiger partial charge in [0.25, 0.3) is 0 Å². The molecular weight excluding hydrogens is 167 g/mol. The maximum atomic E-state index is 13.2. The molecule has 1 aromatic carbocycles. The number of rotatable bonds is 3. The van der Waals surface area contributed by atoms with E-state index in [1.54, 1.807) is 19.1 Å². The zero-order valence-corrected chi connectivity index (χ0v) is 7.88. The van der Waals surface area contributed by atoms with Crippen LogP contribution in [0.2, 0.25) is 0 Å². The molecule has 13 heavy (non-hydrogen) atoms. The maximum Gasteiger partial charge on any atom is 0.127 e. The highest BCUT2D eigenvalue weighted by Crippen LogP contribution is 2.17. The number of carbonyl (C=O) groups excluding carboxylic acids is 1. The van der Waals surface area contributed by atoms with Gasteiger partial charge in [-0.15, -0.1) is 0 Å². The van der Waals surface area contributed by atoms with Crippen LogP contribution >= 0.6 is 0 Å². The van der Waals surface area contributed by atoms with Crippen LogP contribution in [-0.4, -0.2) is 6.29 Å². The van der Waals surface area contributed by atoms with Gasteiger partial charge in [0.15, 0.2) is 0 Å². The smallest absolute Gasteiger partial charge is 0.127 e. The molecule has 0 amide bonds. The second kappa shape index (κ2) is 4.17. The molecule has 2 heteroatoms. The third-order valence-electron chi connectivity index (χ3n) is 2.19. The van der Waals surface area contributed by atoms with Crippen LogP contribution in [0.3, 0.4) is 0 Å². The Bertz CT molecular complexity index is 307. The van der Waals surface area contributed by atoms with E-state index in [1.807, 2.05) is 6.92 Å². The second-order valence-corrected chi connectivity index (χ2v) is 3.13. The number of hydrogen-bond acceptors (Lipinski definition) is 1. The Morgan fingerprint density at radius 2 is 2.23 bits per heavy atom. The summed E-state index contributed by atoms with van der Waals surface area (Å²) in [5.41, 5.74) is 1.44. The van der Waals surface area contributed by atoms with Crippen molar-refractivity contribution in [1.82, 2.24) is 0 Å². The quantitative estimate of drug-likeness (QED) is 0.653. The van der Waals surface area contributed by atoms with Crippen molar-refractivity contribution in [2.24, 2.45) is 0 Å². The number of aldehydes is 1. The topological polar surface area (TPSA) is 17.1 Å². The molecule has 1 unspecified atom stereocenters. The summed E-state index contributed by atoms with van der Waals surface area (Å²) in [5.74, 6) is -0.436. The number of aryl methyl sites for hydroxylation is 1. The third-order valence-corrected chi connectivity index (χ3v) is 2.19. The van der Waals surface area contributed by atoms with Crippen molar-refractivity contribution in [1.29, 1.82) is 0 Å². The van der Waals surface area contributed by atoms with Crippen LogP contribution in [0.5, 0.6) is 0 Å². The zero-order valence-electron chi connectivity index (χ0n) is 7.88. The lowest BCUT2D eigenvalue weighted by Crippen LogP contribution is -1.97. The standard InChI is InChI=1S/C11H13FO/c1-3-9-4-5-10(6-11(9)12)8(2)7-13/h4-8H,3H2,1-2H3. The van der Waals surface area contributed by atoms with E-state index in [0.717, 1.165) is 11.8 Å². The Balaban J connectivity index is 3.02. The molecule has 0 saturated carbocycles. The van der Waals surface area contributed by atoms with Crippen molar-refractivity contribution in [3.8, 4) is 0 Å². The molecule has 1 nitrogen and oxygen atoms in total. The summed E-state index contributed by atoms with van der Waals surface area (Å²) in [7, 11) is 0. The fourth-order valence-corrected chi connectivity index (χ4v) is 1.21. The minimum atomic E-state index is -0.222. The molecule has 0 saturated heterocycles. The molecule has 1 aromatic rings. The molecule has 0 N–H and O–H groups in total. The van der Waals surface area contributed by atoms with Crippen LogP contribution in [0.15, 0.2) is 18.2 Å².